The topological polar surface area (TPSA) is 0 Å². The van der Waals surface area contributed by atoms with Gasteiger partial charge >= 0.3 is 69.3 Å². The number of halogens is 1. The predicted molar refractivity (Wildman–Crippen MR) is 44.2 cm³/mol. The van der Waals surface area contributed by atoms with Crippen LogP contribution in [0.3, 0.4) is 0 Å². The van der Waals surface area contributed by atoms with Gasteiger partial charge in [-0.25, -0.2) is 0 Å². The van der Waals surface area contributed by atoms with Crippen molar-refractivity contribution >= 4 is 33.0 Å². The summed E-state index contributed by atoms with van der Waals surface area (Å²) in [7, 11) is 0. The molecule has 1 unspecified atom stereocenters. The molecule has 0 saturated heterocycles. The van der Waals surface area contributed by atoms with Gasteiger partial charge in [-0.2, -0.15) is 0 Å². The predicted octanol–water partition coefficient (Wildman–Crippen LogP) is 2.31. The molecule has 1 aliphatic heterocycles. The van der Waals surface area contributed by atoms with E-state index in [0.29, 0.717) is 3.13 Å². The zero-order valence-electron chi connectivity index (χ0n) is 5.39. The molecule has 0 aromatic rings. The van der Waals surface area contributed by atoms with Crippen molar-refractivity contribution in [3.05, 3.63) is 22.6 Å². The maximum atomic E-state index is 6.04. The number of alkyl halides is 1. The van der Waals surface area contributed by atoms with Crippen LogP contribution >= 0.6 is 11.6 Å². The van der Waals surface area contributed by atoms with E-state index in [-0.39, 0.29) is 0 Å². The molecule has 0 aromatic carbocycles. The van der Waals surface area contributed by atoms with Crippen molar-refractivity contribution < 1.29 is 0 Å². The van der Waals surface area contributed by atoms with Gasteiger partial charge in [-0.05, 0) is 0 Å². The second kappa shape index (κ2) is 3.72. The number of hydrogen-bond acceptors (Lipinski definition) is 0. The van der Waals surface area contributed by atoms with Crippen LogP contribution < -0.4 is 0 Å². The van der Waals surface area contributed by atoms with E-state index in [1.54, 1.807) is 0 Å². The first-order valence-electron chi connectivity index (χ1n) is 3.26. The van der Waals surface area contributed by atoms with Crippen LogP contribution in [0.15, 0.2) is 22.6 Å². The minimum absolute atomic E-state index is 0.532. The summed E-state index contributed by atoms with van der Waals surface area (Å²) in [6, 6.07) is 0. The van der Waals surface area contributed by atoms with E-state index in [2.05, 4.69) is 16.5 Å². The van der Waals surface area contributed by atoms with Crippen LogP contribution in [0, 0.1) is 0 Å². The van der Waals surface area contributed by atoms with Crippen LogP contribution in [0.25, 0.3) is 0 Å². The van der Waals surface area contributed by atoms with Crippen LogP contribution in [0.1, 0.15) is 6.42 Å². The Morgan fingerprint density at radius 1 is 1.89 bits per heavy atom. The minimum atomic E-state index is -1.35. The summed E-state index contributed by atoms with van der Waals surface area (Å²) in [5.74, 6) is 0. The van der Waals surface area contributed by atoms with Gasteiger partial charge in [0.15, 0.2) is 0 Å². The van der Waals surface area contributed by atoms with E-state index < -0.39 is 21.4 Å². The third-order valence-electron chi connectivity index (χ3n) is 1.65. The van der Waals surface area contributed by atoms with Crippen LogP contribution in [0.4, 0.5) is 0 Å². The molecule has 1 rings (SSSR count). The first-order valence-corrected chi connectivity index (χ1v) is 9.83. The summed E-state index contributed by atoms with van der Waals surface area (Å²) in [6.07, 6.45) is 5.38. The van der Waals surface area contributed by atoms with Crippen molar-refractivity contribution in [3.8, 4) is 0 Å². The fourth-order valence-corrected chi connectivity index (χ4v) is 8.42. The van der Waals surface area contributed by atoms with Crippen molar-refractivity contribution in [2.24, 2.45) is 0 Å². The molecule has 0 aromatic heterocycles. The SMILES string of the molecule is C=C[CH2][In]1[CH]=CC[CH]1Cl. The molecule has 0 nitrogen and oxygen atoms in total. The second-order valence-electron chi connectivity index (χ2n) is 2.37. The Morgan fingerprint density at radius 3 is 3.11 bits per heavy atom. The van der Waals surface area contributed by atoms with Gasteiger partial charge in [0.25, 0.3) is 0 Å². The summed E-state index contributed by atoms with van der Waals surface area (Å²) < 4.78 is 4.15. The summed E-state index contributed by atoms with van der Waals surface area (Å²) in [5.41, 5.74) is 0. The Morgan fingerprint density at radius 2 is 2.67 bits per heavy atom. The van der Waals surface area contributed by atoms with Gasteiger partial charge < -0.3 is 0 Å². The molecule has 0 amide bonds. The Kier molecular flexibility index (Phi) is 3.20. The van der Waals surface area contributed by atoms with E-state index in [0.717, 1.165) is 6.42 Å². The van der Waals surface area contributed by atoms with Crippen molar-refractivity contribution in [1.29, 1.82) is 0 Å². The molecule has 0 aliphatic carbocycles. The molecule has 1 atom stereocenters. The molecule has 0 bridgehead atoms. The fraction of sp³-hybridized carbons (Fsp3) is 0.429. The van der Waals surface area contributed by atoms with Crippen LogP contribution in [0.2, 0.25) is 4.18 Å². The number of hydrogen-bond donors (Lipinski definition) is 0. The molecule has 2 heteroatoms. The average Bonchev–Trinajstić information content (AvgIpc) is 2.18. The van der Waals surface area contributed by atoms with Crippen molar-refractivity contribution in [2.45, 2.75) is 13.7 Å². The molecule has 0 fully saturated rings. The Labute approximate surface area is 69.1 Å². The van der Waals surface area contributed by atoms with E-state index in [1.807, 2.05) is 6.08 Å². The zero-order chi connectivity index (χ0) is 6.69. The van der Waals surface area contributed by atoms with Gasteiger partial charge in [0, 0.05) is 0 Å². The third-order valence-corrected chi connectivity index (χ3v) is 12.1. The number of rotatable bonds is 2. The molecule has 0 spiro atoms. The molecule has 0 N–H and O–H groups in total. The molecule has 9 heavy (non-hydrogen) atoms. The molecular formula is C7H10ClIn. The molecule has 0 saturated carbocycles. The number of allylic oxidation sites excluding steroid dienone is 2. The molecule has 0 radical (unpaired) electrons. The van der Waals surface area contributed by atoms with Crippen LogP contribution in [-0.4, -0.2) is 24.6 Å². The molecule has 48 valence electrons. The van der Waals surface area contributed by atoms with Gasteiger partial charge in [0.05, 0.1) is 0 Å². The van der Waals surface area contributed by atoms with Gasteiger partial charge in [-0.15, -0.1) is 0 Å². The monoisotopic (exact) mass is 244 g/mol. The van der Waals surface area contributed by atoms with Gasteiger partial charge in [0.2, 0.25) is 0 Å². The van der Waals surface area contributed by atoms with Crippen molar-refractivity contribution in [2.75, 3.05) is 0 Å². The first-order chi connectivity index (χ1) is 4.34. The van der Waals surface area contributed by atoms with Gasteiger partial charge in [-0.3, -0.25) is 0 Å². The quantitative estimate of drug-likeness (QED) is 0.516. The summed E-state index contributed by atoms with van der Waals surface area (Å²) in [6.45, 7) is 3.72. The Hall–Kier alpha value is 0.640. The van der Waals surface area contributed by atoms with E-state index >= 15 is 0 Å². The van der Waals surface area contributed by atoms with Gasteiger partial charge in [0.1, 0.15) is 0 Å². The maximum absolute atomic E-state index is 6.04. The zero-order valence-corrected chi connectivity index (χ0v) is 9.44. The normalized spacial score (nSPS) is 25.0. The summed E-state index contributed by atoms with van der Waals surface area (Å²) in [4.78, 5) is 0. The van der Waals surface area contributed by atoms with E-state index in [4.69, 9.17) is 11.6 Å². The van der Waals surface area contributed by atoms with E-state index in [1.165, 1.54) is 4.18 Å². The second-order valence-corrected chi connectivity index (χ2v) is 12.7. The molecule has 1 aliphatic rings. The van der Waals surface area contributed by atoms with Crippen molar-refractivity contribution in [1.82, 2.24) is 0 Å². The Balaban J connectivity index is 2.39. The first kappa shape index (κ1) is 7.74. The summed E-state index contributed by atoms with van der Waals surface area (Å²) in [5, 5.41) is 0. The fourth-order valence-electron chi connectivity index (χ4n) is 1.10. The van der Waals surface area contributed by atoms with Crippen molar-refractivity contribution in [3.63, 3.8) is 0 Å². The van der Waals surface area contributed by atoms with Crippen LogP contribution in [0.5, 0.6) is 0 Å². The summed E-state index contributed by atoms with van der Waals surface area (Å²) >= 11 is 4.69. The van der Waals surface area contributed by atoms with E-state index in [9.17, 15) is 0 Å². The molecule has 1 heterocycles. The third kappa shape index (κ3) is 2.05. The molecular weight excluding hydrogens is 234 g/mol. The standard InChI is InChI=1S/C4H5Cl.C3H5.In/c1-2-3-4-5;1-3-2;/h1-2,4H,3H2;3H,1-2H2;. The average molecular weight is 244 g/mol. The van der Waals surface area contributed by atoms with Crippen LogP contribution in [-0.2, 0) is 0 Å². The van der Waals surface area contributed by atoms with Gasteiger partial charge in [-0.1, -0.05) is 0 Å². The Bertz CT molecular complexity index is 131.